The summed E-state index contributed by atoms with van der Waals surface area (Å²) in [6.45, 7) is 0. The Hall–Kier alpha value is -2.76. The summed E-state index contributed by atoms with van der Waals surface area (Å²) in [6.07, 6.45) is 1.37. The number of nitriles is 1. The number of tetrazole rings is 1. The molecule has 2 aromatic heterocycles. The van der Waals surface area contributed by atoms with Gasteiger partial charge in [-0.1, -0.05) is 12.2 Å². The van der Waals surface area contributed by atoms with Crippen molar-refractivity contribution in [1.82, 2.24) is 35.5 Å². The monoisotopic (exact) mass is 474 g/mol. The zero-order chi connectivity index (χ0) is 21.8. The molecule has 14 heteroatoms. The molecule has 158 valence electrons. The van der Waals surface area contributed by atoms with E-state index >= 15 is 0 Å². The number of carbonyl (C=O) groups is 2. The number of hydrogen-bond acceptors (Lipinski definition) is 10. The number of carboxylic acids is 1. The lowest BCUT2D eigenvalue weighted by Gasteiger charge is -2.50. The molecular formula is C17H14N8O3S3. The standard InChI is InChI=1S/C17H14N8O3S3/c18-7-17(3-4-17)16(29)19-11-13(26)24-12(15(27)28)8(6-31-14(11)24)5-30-10-2-1-9-20-22-23-25(9)21-10/h1-2,11,14H,3-6H2,(H,19,29)(H,27,28)/t11?,14-/m0/s1. The number of fused-ring (bicyclic) bond motifs is 2. The number of amides is 1. The second-order valence-electron chi connectivity index (χ2n) is 7.30. The van der Waals surface area contributed by atoms with Crippen LogP contribution in [0.5, 0.6) is 0 Å². The minimum Gasteiger partial charge on any atom is -0.477 e. The Morgan fingerprint density at radius 2 is 2.29 bits per heavy atom. The van der Waals surface area contributed by atoms with E-state index in [2.05, 4.69) is 32.0 Å². The summed E-state index contributed by atoms with van der Waals surface area (Å²) in [4.78, 5) is 26.5. The minimum atomic E-state index is -1.14. The first-order valence-electron chi connectivity index (χ1n) is 9.24. The predicted octanol–water partition coefficient (Wildman–Crippen LogP) is 0.455. The van der Waals surface area contributed by atoms with E-state index in [0.717, 1.165) is 0 Å². The molecule has 2 N–H and O–H groups in total. The molecule has 1 unspecified atom stereocenters. The molecule has 1 aliphatic carbocycles. The largest absolute Gasteiger partial charge is 0.477 e. The summed E-state index contributed by atoms with van der Waals surface area (Å²) in [7, 11) is 0. The van der Waals surface area contributed by atoms with E-state index in [9.17, 15) is 20.0 Å². The lowest BCUT2D eigenvalue weighted by Crippen LogP contribution is -2.70. The first-order valence-corrected chi connectivity index (χ1v) is 11.7. The average molecular weight is 475 g/mol. The van der Waals surface area contributed by atoms with Crippen LogP contribution in [0.2, 0.25) is 0 Å². The number of rotatable bonds is 6. The van der Waals surface area contributed by atoms with E-state index < -0.39 is 17.4 Å². The third kappa shape index (κ3) is 3.33. The van der Waals surface area contributed by atoms with Gasteiger partial charge in [-0.15, -0.1) is 38.4 Å². The second-order valence-corrected chi connectivity index (χ2v) is 9.81. The molecule has 0 bridgehead atoms. The molecule has 4 heterocycles. The Morgan fingerprint density at radius 1 is 1.48 bits per heavy atom. The SMILES string of the molecule is N#CC1(C(=S)NC2C(=O)N3C(C(=O)O)=C(CSc4ccc5nnnn5n4)CS[C@@H]23)CC1. The van der Waals surface area contributed by atoms with Crippen molar-refractivity contribution in [3.63, 3.8) is 0 Å². The third-order valence-corrected chi connectivity index (χ3v) is 8.23. The number of carbonyl (C=O) groups excluding carboxylic acids is 1. The molecule has 1 saturated heterocycles. The van der Waals surface area contributed by atoms with Gasteiger partial charge in [-0.25, -0.2) is 4.79 Å². The maximum absolute atomic E-state index is 12.8. The van der Waals surface area contributed by atoms with Crippen LogP contribution in [-0.4, -0.2) is 75.0 Å². The molecule has 0 radical (unpaired) electrons. The van der Waals surface area contributed by atoms with E-state index in [-0.39, 0.29) is 17.0 Å². The lowest BCUT2D eigenvalue weighted by atomic mass is 10.0. The van der Waals surface area contributed by atoms with Crippen molar-refractivity contribution in [3.8, 4) is 6.07 Å². The summed E-state index contributed by atoms with van der Waals surface area (Å²) in [5, 5.41) is 37.7. The van der Waals surface area contributed by atoms with Crippen molar-refractivity contribution in [1.29, 1.82) is 5.26 Å². The minimum absolute atomic E-state index is 0.00939. The van der Waals surface area contributed by atoms with Crippen molar-refractivity contribution in [2.45, 2.75) is 29.3 Å². The van der Waals surface area contributed by atoms with Crippen LogP contribution in [-0.2, 0) is 9.59 Å². The molecule has 5 rings (SSSR count). The predicted molar refractivity (Wildman–Crippen MR) is 114 cm³/mol. The van der Waals surface area contributed by atoms with Crippen LogP contribution in [0, 0.1) is 16.7 Å². The molecule has 2 aliphatic heterocycles. The first-order chi connectivity index (χ1) is 14.9. The highest BCUT2D eigenvalue weighted by Crippen LogP contribution is 2.47. The number of β-lactam (4-membered cyclic amide) rings is 1. The Kier molecular flexibility index (Phi) is 4.83. The molecule has 2 fully saturated rings. The number of nitrogens with zero attached hydrogens (tertiary/aromatic N) is 7. The quantitative estimate of drug-likeness (QED) is 0.340. The Morgan fingerprint density at radius 3 is 3.00 bits per heavy atom. The summed E-state index contributed by atoms with van der Waals surface area (Å²) in [5.41, 5.74) is 0.492. The molecule has 31 heavy (non-hydrogen) atoms. The smallest absolute Gasteiger partial charge is 0.352 e. The Bertz CT molecular complexity index is 1200. The van der Waals surface area contributed by atoms with Crippen LogP contribution in [0.25, 0.3) is 5.65 Å². The summed E-state index contributed by atoms with van der Waals surface area (Å²) >= 11 is 8.16. The van der Waals surface area contributed by atoms with Crippen LogP contribution < -0.4 is 5.32 Å². The summed E-state index contributed by atoms with van der Waals surface area (Å²) < 4.78 is 1.30. The van der Waals surface area contributed by atoms with E-state index in [1.807, 2.05) is 0 Å². The van der Waals surface area contributed by atoms with Gasteiger partial charge in [0.15, 0.2) is 5.65 Å². The molecule has 0 spiro atoms. The van der Waals surface area contributed by atoms with Gasteiger partial charge in [0, 0.05) is 11.5 Å². The van der Waals surface area contributed by atoms with Crippen LogP contribution in [0.1, 0.15) is 12.8 Å². The highest BCUT2D eigenvalue weighted by atomic mass is 32.2. The maximum atomic E-state index is 12.8. The van der Waals surface area contributed by atoms with Gasteiger partial charge in [0.05, 0.1) is 11.1 Å². The topological polar surface area (TPSA) is 149 Å². The number of thiocarbonyl (C=S) groups is 1. The number of aromatic nitrogens is 5. The van der Waals surface area contributed by atoms with Crippen molar-refractivity contribution in [2.24, 2.45) is 5.41 Å². The first kappa shape index (κ1) is 20.2. The number of carboxylic acid groups (broad SMARTS) is 1. The molecule has 1 amide bonds. The second kappa shape index (κ2) is 7.43. The fourth-order valence-corrected chi connectivity index (χ4v) is 6.17. The van der Waals surface area contributed by atoms with Gasteiger partial charge in [-0.05, 0) is 41.0 Å². The number of aliphatic carboxylic acids is 1. The molecule has 3 aliphatic rings. The van der Waals surface area contributed by atoms with Crippen LogP contribution >= 0.6 is 35.7 Å². The fourth-order valence-electron chi connectivity index (χ4n) is 3.46. The van der Waals surface area contributed by atoms with Crippen LogP contribution in [0.15, 0.2) is 28.4 Å². The van der Waals surface area contributed by atoms with Gasteiger partial charge >= 0.3 is 5.97 Å². The van der Waals surface area contributed by atoms with Gasteiger partial charge in [-0.3, -0.25) is 9.69 Å². The number of thioether (sulfide) groups is 2. The Labute approximate surface area is 189 Å². The molecule has 11 nitrogen and oxygen atoms in total. The van der Waals surface area contributed by atoms with Crippen molar-refractivity contribution in [3.05, 3.63) is 23.4 Å². The number of hydrogen-bond donors (Lipinski definition) is 2. The van der Waals surface area contributed by atoms with Crippen LogP contribution in [0.3, 0.4) is 0 Å². The van der Waals surface area contributed by atoms with Crippen LogP contribution in [0.4, 0.5) is 0 Å². The van der Waals surface area contributed by atoms with Gasteiger partial charge in [0.1, 0.15) is 27.6 Å². The van der Waals surface area contributed by atoms with Gasteiger partial charge in [0.25, 0.3) is 5.91 Å². The van der Waals surface area contributed by atoms with E-state index in [1.165, 1.54) is 33.1 Å². The average Bonchev–Trinajstić information content (AvgIpc) is 3.44. The molecule has 0 aromatic carbocycles. The highest BCUT2D eigenvalue weighted by molar-refractivity contribution is 8.01. The van der Waals surface area contributed by atoms with Crippen molar-refractivity contribution >= 4 is 58.3 Å². The van der Waals surface area contributed by atoms with Gasteiger partial charge in [0.2, 0.25) is 0 Å². The normalized spacial score (nSPS) is 23.7. The molecule has 2 aromatic rings. The summed E-state index contributed by atoms with van der Waals surface area (Å²) in [5.74, 6) is -0.666. The number of nitrogens with one attached hydrogen (secondary N) is 1. The van der Waals surface area contributed by atoms with Gasteiger partial charge < -0.3 is 10.4 Å². The lowest BCUT2D eigenvalue weighted by molar-refractivity contribution is -0.148. The zero-order valence-corrected chi connectivity index (χ0v) is 18.2. The third-order valence-electron chi connectivity index (χ3n) is 5.37. The highest BCUT2D eigenvalue weighted by Gasteiger charge is 2.56. The van der Waals surface area contributed by atoms with E-state index in [4.69, 9.17) is 12.2 Å². The summed E-state index contributed by atoms with van der Waals surface area (Å²) in [6, 6.07) is 5.07. The molecule has 2 atom stereocenters. The van der Waals surface area contributed by atoms with Crippen molar-refractivity contribution in [2.75, 3.05) is 11.5 Å². The fraction of sp³-hybridized carbons (Fsp3) is 0.412. The van der Waals surface area contributed by atoms with E-state index in [1.54, 1.807) is 12.1 Å². The van der Waals surface area contributed by atoms with Gasteiger partial charge in [-0.2, -0.15) is 5.26 Å². The molecular weight excluding hydrogens is 460 g/mol. The van der Waals surface area contributed by atoms with Crippen molar-refractivity contribution < 1.29 is 14.7 Å². The molecule has 1 saturated carbocycles. The van der Waals surface area contributed by atoms with E-state index in [0.29, 0.717) is 45.6 Å². The zero-order valence-electron chi connectivity index (χ0n) is 15.8. The maximum Gasteiger partial charge on any atom is 0.352 e. The Balaban J connectivity index is 1.31.